The number of nitrogens with zero attached hydrogens (tertiary/aromatic N) is 7. The molecule has 4 heterocycles. The molecule has 487 valence electrons. The predicted molar refractivity (Wildman–Crippen MR) is 328 cm³/mol. The van der Waals surface area contributed by atoms with E-state index in [9.17, 15) is 51.1 Å². The van der Waals surface area contributed by atoms with Gasteiger partial charge in [-0.3, -0.25) is 47.5 Å². The van der Waals surface area contributed by atoms with Gasteiger partial charge in [0.1, 0.15) is 30.1 Å². The van der Waals surface area contributed by atoms with Gasteiger partial charge < -0.3 is 32.3 Å². The summed E-state index contributed by atoms with van der Waals surface area (Å²) in [6.45, 7) is 11.8. The molecule has 8 rings (SSSR count). The summed E-state index contributed by atoms with van der Waals surface area (Å²) in [5.41, 5.74) is -2.31. The van der Waals surface area contributed by atoms with Gasteiger partial charge in [0.15, 0.2) is 23.1 Å². The van der Waals surface area contributed by atoms with Crippen molar-refractivity contribution >= 4 is 32.7 Å². The molecule has 2 atom stereocenters. The number of hydrogen-bond donors (Lipinski definition) is 1. The summed E-state index contributed by atoms with van der Waals surface area (Å²) >= 11 is 0. The van der Waals surface area contributed by atoms with Gasteiger partial charge in [0.2, 0.25) is 5.97 Å². The standard InChI is InChI=1S/C29H29F3N4O3.C28H27F3N4O3.C4H6O4.C2H3BO2.CH2O.Na/c1-18(34(3)16-20-9-5-6-14-33-20)15-36-28(37)26(21-10-7-13-25(39-4)27(21)32)19(2)35(29(36)38)17-22-23(30)11-8-12-24(22)31;1-17(33-14-19-8-4-5-13-32-19)15-35-27(36)25(20-9-6-12-24(38-3)26(20)31)18(2)34(28(35)37)16-21-22(29)10-7-11-23(21)30;1-3(5)7-8-4(2)6;1-2(4)5-3;1-2;/h5-14,18H,15-17H2,1-4H3;4-13,17,33H,14-16H2,1-3H3;1-2H3;1H3;1H2;/q;;;-1;;+1/t18-;17-;;;;/m11..../s1. The van der Waals surface area contributed by atoms with Crippen LogP contribution in [0.25, 0.3) is 22.3 Å². The van der Waals surface area contributed by atoms with E-state index < -0.39 is 88.4 Å². The summed E-state index contributed by atoms with van der Waals surface area (Å²) in [5.74, 6) is -6.84. The molecule has 0 bridgehead atoms. The summed E-state index contributed by atoms with van der Waals surface area (Å²) < 4.78 is 107. The fraction of sp³-hybridized carbons (Fsp3) is 0.281. The first-order valence-electron chi connectivity index (χ1n) is 27.7. The average molecular weight is 1300 g/mol. The smallest absolute Gasteiger partial charge is 0.793 e. The number of carbonyl (C=O) groups is 4. The van der Waals surface area contributed by atoms with Crippen molar-refractivity contribution in [1.82, 2.24) is 38.5 Å². The van der Waals surface area contributed by atoms with Crippen molar-refractivity contribution in [2.75, 3.05) is 21.3 Å². The van der Waals surface area contributed by atoms with E-state index in [1.807, 2.05) is 49.9 Å². The van der Waals surface area contributed by atoms with Crippen molar-refractivity contribution < 1.29 is 99.0 Å². The minimum atomic E-state index is -0.839. The van der Waals surface area contributed by atoms with Crippen LogP contribution < -0.4 is 66.8 Å². The minimum Gasteiger partial charge on any atom is -0.793 e. The molecule has 8 aromatic rings. The molecule has 0 aliphatic carbocycles. The van der Waals surface area contributed by atoms with Gasteiger partial charge in [-0.15, -0.1) is 0 Å². The van der Waals surface area contributed by atoms with Gasteiger partial charge in [0, 0.05) is 105 Å². The van der Waals surface area contributed by atoms with Crippen LogP contribution in [0.15, 0.2) is 141 Å². The van der Waals surface area contributed by atoms with E-state index in [0.29, 0.717) is 13.1 Å². The Balaban J connectivity index is 0.000000395. The van der Waals surface area contributed by atoms with E-state index >= 15 is 8.78 Å². The number of hydrogen-bond acceptors (Lipinski definition) is 17. The third kappa shape index (κ3) is 21.4. The van der Waals surface area contributed by atoms with Crippen LogP contribution in [0.1, 0.15) is 68.5 Å². The first kappa shape index (κ1) is 78.0. The maximum absolute atomic E-state index is 15.4. The Morgan fingerprint density at radius 1 is 0.570 bits per heavy atom. The van der Waals surface area contributed by atoms with Gasteiger partial charge in [-0.25, -0.2) is 55.3 Å². The summed E-state index contributed by atoms with van der Waals surface area (Å²) in [4.78, 5) is 110. The Morgan fingerprint density at radius 2 is 0.946 bits per heavy atom. The molecule has 0 unspecified atom stereocenters. The number of nitrogens with one attached hydrogen (secondary N) is 1. The predicted octanol–water partition coefficient (Wildman–Crippen LogP) is 4.89. The SMILES string of the molecule is C=O.CC(=O)OOC(C)=O.COc1cccc(-c2c(C)n(Cc3c(F)cccc3F)c(=O)n(C[C@@H](C)N(C)Cc3ccccn3)c2=O)c1F.COc1cccc(-c2c(C)n(Cc3c(F)cccc3F)c(=O)n(C[C@@H](C)NCc3ccccn3)c2=O)c1F.[B-]OC(C)=O.[Na+]. The maximum Gasteiger partial charge on any atom is 1.00 e. The van der Waals surface area contributed by atoms with Gasteiger partial charge in [-0.05, 0) is 95.4 Å². The monoisotopic (exact) mass is 1300 g/mol. The molecule has 3 radical (unpaired) electrons. The van der Waals surface area contributed by atoms with E-state index in [1.165, 1.54) is 83.5 Å². The van der Waals surface area contributed by atoms with Crippen molar-refractivity contribution in [2.24, 2.45) is 0 Å². The van der Waals surface area contributed by atoms with Crippen molar-refractivity contribution in [2.45, 2.75) is 99.8 Å². The minimum absolute atomic E-state index is 0. The summed E-state index contributed by atoms with van der Waals surface area (Å²) in [6, 6.07) is 25.7. The van der Waals surface area contributed by atoms with E-state index in [1.54, 1.807) is 31.5 Å². The largest absolute Gasteiger partial charge is 1.00 e. The maximum atomic E-state index is 15.4. The Kier molecular flexibility index (Phi) is 31.8. The number of likely N-dealkylation sites (N-methyl/N-ethyl adjacent to an activating group) is 1. The summed E-state index contributed by atoms with van der Waals surface area (Å²) in [7, 11) is 8.75. The van der Waals surface area contributed by atoms with Gasteiger partial charge in [-0.1, -0.05) is 48.5 Å². The topological polar surface area (TPSA) is 243 Å². The normalized spacial score (nSPS) is 11.0. The molecule has 0 saturated heterocycles. The molecule has 4 aromatic heterocycles. The fourth-order valence-electron chi connectivity index (χ4n) is 8.87. The zero-order valence-corrected chi connectivity index (χ0v) is 54.9. The molecule has 0 aliphatic heterocycles. The van der Waals surface area contributed by atoms with Crippen LogP contribution in [0.2, 0.25) is 0 Å². The molecule has 29 heteroatoms. The number of ether oxygens (including phenoxy) is 2. The van der Waals surface area contributed by atoms with Crippen LogP contribution in [0, 0.1) is 48.8 Å². The second-order valence-corrected chi connectivity index (χ2v) is 20.0. The van der Waals surface area contributed by atoms with E-state index in [-0.39, 0.29) is 111 Å². The Labute approximate surface area is 554 Å². The number of carbonyl (C=O) groups excluding carboxylic acids is 4. The second-order valence-electron chi connectivity index (χ2n) is 20.0. The molecular weight excluding hydrogens is 1240 g/mol. The molecule has 0 aliphatic rings. The fourth-order valence-corrected chi connectivity index (χ4v) is 8.87. The summed E-state index contributed by atoms with van der Waals surface area (Å²) in [6.07, 6.45) is 3.33. The summed E-state index contributed by atoms with van der Waals surface area (Å²) in [5, 5.41) is 3.21. The first-order valence-corrected chi connectivity index (χ1v) is 27.7. The van der Waals surface area contributed by atoms with Crippen LogP contribution in [0.5, 0.6) is 11.5 Å². The zero-order chi connectivity index (χ0) is 68.5. The van der Waals surface area contributed by atoms with Gasteiger partial charge in [0.25, 0.3) is 11.1 Å². The Morgan fingerprint density at radius 3 is 1.30 bits per heavy atom. The average Bonchev–Trinajstić information content (AvgIpc) is 0.770. The van der Waals surface area contributed by atoms with Crippen molar-refractivity contribution in [3.05, 3.63) is 232 Å². The van der Waals surface area contributed by atoms with Crippen LogP contribution in [-0.4, -0.2) is 99.2 Å². The number of methoxy groups -OCH3 is 2. The van der Waals surface area contributed by atoms with E-state index in [2.05, 4.69) is 37.8 Å². The molecule has 1 N–H and O–H groups in total. The van der Waals surface area contributed by atoms with Gasteiger partial charge in [0.05, 0.1) is 49.8 Å². The van der Waals surface area contributed by atoms with Crippen LogP contribution in [0.4, 0.5) is 26.3 Å². The quantitative estimate of drug-likeness (QED) is 0.0520. The molecule has 0 spiro atoms. The number of rotatable bonds is 18. The third-order valence-electron chi connectivity index (χ3n) is 13.6. The van der Waals surface area contributed by atoms with Crippen molar-refractivity contribution in [3.63, 3.8) is 0 Å². The first-order chi connectivity index (χ1) is 43.8. The van der Waals surface area contributed by atoms with Gasteiger partial charge >= 0.3 is 52.9 Å². The number of halogens is 6. The Hall–Kier alpha value is -9.22. The van der Waals surface area contributed by atoms with Crippen LogP contribution in [-0.2, 0) is 72.9 Å². The number of pyridine rings is 2. The zero-order valence-electron chi connectivity index (χ0n) is 52.9. The molecule has 0 saturated carbocycles. The molecule has 4 aromatic carbocycles. The van der Waals surface area contributed by atoms with Crippen LogP contribution >= 0.6 is 0 Å². The van der Waals surface area contributed by atoms with Gasteiger partial charge in [-0.2, -0.15) is 0 Å². The molecular formula is C64H67BF6N8NaO13. The molecule has 0 amide bonds. The second kappa shape index (κ2) is 38.0. The molecule has 0 fully saturated rings. The third-order valence-corrected chi connectivity index (χ3v) is 13.6. The van der Waals surface area contributed by atoms with Crippen molar-refractivity contribution in [1.29, 1.82) is 0 Å². The van der Waals surface area contributed by atoms with Crippen molar-refractivity contribution in [3.8, 4) is 33.8 Å². The molecule has 93 heavy (non-hydrogen) atoms. The van der Waals surface area contributed by atoms with E-state index in [4.69, 9.17) is 14.3 Å². The Bertz CT molecular complexity index is 4040. The molecule has 21 nitrogen and oxygen atoms in total. The number of benzene rings is 4. The van der Waals surface area contributed by atoms with Crippen LogP contribution in [0.3, 0.4) is 0 Å². The van der Waals surface area contributed by atoms with E-state index in [0.717, 1.165) is 67.8 Å². The number of aromatic nitrogens is 6.